The van der Waals surface area contributed by atoms with Crippen LogP contribution >= 0.6 is 0 Å². The highest BCUT2D eigenvalue weighted by Crippen LogP contribution is 2.28. The molecule has 3 aromatic rings. The van der Waals surface area contributed by atoms with Crippen molar-refractivity contribution in [3.8, 4) is 17.2 Å². The second kappa shape index (κ2) is 11.0. The molecule has 5 nitrogen and oxygen atoms in total. The van der Waals surface area contributed by atoms with Crippen molar-refractivity contribution in [2.24, 2.45) is 0 Å². The van der Waals surface area contributed by atoms with Crippen molar-refractivity contribution in [1.82, 2.24) is 5.32 Å². The van der Waals surface area contributed by atoms with E-state index in [1.54, 1.807) is 32.4 Å². The first-order chi connectivity index (χ1) is 15.1. The number of ether oxygens (including phenoxy) is 3. The van der Waals surface area contributed by atoms with Gasteiger partial charge in [0, 0.05) is 6.42 Å². The zero-order valence-electron chi connectivity index (χ0n) is 17.6. The number of nitrogens with one attached hydrogen (secondary N) is 1. The zero-order chi connectivity index (χ0) is 22.1. The van der Waals surface area contributed by atoms with Crippen LogP contribution in [0.15, 0.2) is 72.8 Å². The minimum atomic E-state index is -0.436. The van der Waals surface area contributed by atoms with E-state index in [-0.39, 0.29) is 18.3 Å². The first kappa shape index (κ1) is 22.2. The van der Waals surface area contributed by atoms with Gasteiger partial charge in [0.15, 0.2) is 23.1 Å². The molecular formula is C25H26FNO4. The maximum absolute atomic E-state index is 13.9. The number of carbonyl (C=O) groups excluding carboxylic acids is 1. The number of hydrogen-bond acceptors (Lipinski definition) is 4. The lowest BCUT2D eigenvalue weighted by atomic mass is 10.1. The zero-order valence-corrected chi connectivity index (χ0v) is 17.6. The fourth-order valence-corrected chi connectivity index (χ4v) is 3.20. The molecule has 0 aromatic heterocycles. The van der Waals surface area contributed by atoms with E-state index in [9.17, 15) is 9.18 Å². The maximum atomic E-state index is 13.9. The SMILES string of the molecule is COc1ccc(CCC(=O)NC(COc2ccccc2F)c2ccccc2)cc1OC. The summed E-state index contributed by atoms with van der Waals surface area (Å²) >= 11 is 0. The van der Waals surface area contributed by atoms with Crippen LogP contribution in [-0.2, 0) is 11.2 Å². The molecule has 1 amide bonds. The summed E-state index contributed by atoms with van der Waals surface area (Å²) in [6.07, 6.45) is 0.834. The summed E-state index contributed by atoms with van der Waals surface area (Å²) < 4.78 is 30.1. The summed E-state index contributed by atoms with van der Waals surface area (Å²) in [5.41, 5.74) is 1.85. The monoisotopic (exact) mass is 423 g/mol. The van der Waals surface area contributed by atoms with E-state index in [0.29, 0.717) is 24.3 Å². The third-order valence-corrected chi connectivity index (χ3v) is 4.87. The Kier molecular flexibility index (Phi) is 7.87. The van der Waals surface area contributed by atoms with Gasteiger partial charge in [-0.3, -0.25) is 4.79 Å². The van der Waals surface area contributed by atoms with Crippen molar-refractivity contribution >= 4 is 5.91 Å². The van der Waals surface area contributed by atoms with Crippen LogP contribution in [0.3, 0.4) is 0 Å². The quantitative estimate of drug-likeness (QED) is 0.513. The van der Waals surface area contributed by atoms with Gasteiger partial charge in [0.25, 0.3) is 0 Å². The van der Waals surface area contributed by atoms with Gasteiger partial charge in [-0.15, -0.1) is 0 Å². The van der Waals surface area contributed by atoms with E-state index in [4.69, 9.17) is 14.2 Å². The molecule has 162 valence electrons. The molecule has 0 spiro atoms. The highest BCUT2D eigenvalue weighted by molar-refractivity contribution is 5.76. The summed E-state index contributed by atoms with van der Waals surface area (Å²) in [6, 6.07) is 20.9. The largest absolute Gasteiger partial charge is 0.493 e. The Morgan fingerprint density at radius 3 is 2.32 bits per heavy atom. The summed E-state index contributed by atoms with van der Waals surface area (Å²) in [5.74, 6) is 0.865. The van der Waals surface area contributed by atoms with Crippen LogP contribution in [0.1, 0.15) is 23.6 Å². The first-order valence-corrected chi connectivity index (χ1v) is 10.0. The van der Waals surface area contributed by atoms with E-state index in [1.807, 2.05) is 48.5 Å². The Balaban J connectivity index is 1.63. The molecule has 0 aliphatic rings. The lowest BCUT2D eigenvalue weighted by molar-refractivity contribution is -0.122. The highest BCUT2D eigenvalue weighted by Gasteiger charge is 2.17. The topological polar surface area (TPSA) is 56.8 Å². The number of hydrogen-bond donors (Lipinski definition) is 1. The van der Waals surface area contributed by atoms with Gasteiger partial charge in [-0.1, -0.05) is 48.5 Å². The lowest BCUT2D eigenvalue weighted by Crippen LogP contribution is -2.32. The predicted molar refractivity (Wildman–Crippen MR) is 117 cm³/mol. The molecule has 6 heteroatoms. The molecule has 0 aliphatic heterocycles. The van der Waals surface area contributed by atoms with Crippen LogP contribution in [0.25, 0.3) is 0 Å². The number of methoxy groups -OCH3 is 2. The third kappa shape index (κ3) is 6.22. The van der Waals surface area contributed by atoms with Crippen LogP contribution in [0.4, 0.5) is 4.39 Å². The Labute approximate surface area is 181 Å². The molecule has 0 heterocycles. The van der Waals surface area contributed by atoms with Crippen LogP contribution in [0, 0.1) is 5.82 Å². The van der Waals surface area contributed by atoms with E-state index in [0.717, 1.165) is 11.1 Å². The second-order valence-electron chi connectivity index (χ2n) is 6.96. The Bertz CT molecular complexity index is 994. The van der Waals surface area contributed by atoms with Gasteiger partial charge < -0.3 is 19.5 Å². The van der Waals surface area contributed by atoms with Crippen LogP contribution < -0.4 is 19.5 Å². The summed E-state index contributed by atoms with van der Waals surface area (Å²) in [4.78, 5) is 12.7. The molecule has 0 aliphatic carbocycles. The van der Waals surface area contributed by atoms with Crippen molar-refractivity contribution < 1.29 is 23.4 Å². The molecule has 0 saturated carbocycles. The van der Waals surface area contributed by atoms with Crippen molar-refractivity contribution in [2.75, 3.05) is 20.8 Å². The maximum Gasteiger partial charge on any atom is 0.220 e. The third-order valence-electron chi connectivity index (χ3n) is 4.87. The summed E-state index contributed by atoms with van der Waals surface area (Å²) in [7, 11) is 3.16. The molecule has 1 N–H and O–H groups in total. The number of halogens is 1. The van der Waals surface area contributed by atoms with Gasteiger partial charge in [-0.25, -0.2) is 4.39 Å². The molecule has 0 bridgehead atoms. The molecule has 3 aromatic carbocycles. The average Bonchev–Trinajstić information content (AvgIpc) is 2.81. The van der Waals surface area contributed by atoms with E-state index >= 15 is 0 Å². The fourth-order valence-electron chi connectivity index (χ4n) is 3.20. The fraction of sp³-hybridized carbons (Fsp3) is 0.240. The molecule has 1 unspecified atom stereocenters. The minimum absolute atomic E-state index is 0.118. The molecule has 0 radical (unpaired) electrons. The smallest absolute Gasteiger partial charge is 0.220 e. The van der Waals surface area contributed by atoms with Gasteiger partial charge >= 0.3 is 0 Å². The molecule has 3 rings (SSSR count). The number of amides is 1. The van der Waals surface area contributed by atoms with Crippen molar-refractivity contribution in [3.63, 3.8) is 0 Å². The van der Waals surface area contributed by atoms with Crippen LogP contribution in [-0.4, -0.2) is 26.7 Å². The number of carbonyl (C=O) groups is 1. The van der Waals surface area contributed by atoms with Gasteiger partial charge in [0.1, 0.15) is 6.61 Å². The highest BCUT2D eigenvalue weighted by atomic mass is 19.1. The summed E-state index contributed by atoms with van der Waals surface area (Å²) in [5, 5.41) is 3.00. The Morgan fingerprint density at radius 2 is 1.61 bits per heavy atom. The molecular weight excluding hydrogens is 397 g/mol. The van der Waals surface area contributed by atoms with Gasteiger partial charge in [-0.05, 0) is 41.8 Å². The Hall–Kier alpha value is -3.54. The van der Waals surface area contributed by atoms with Gasteiger partial charge in [0.05, 0.1) is 20.3 Å². The number of aryl methyl sites for hydroxylation is 1. The summed E-state index contributed by atoms with van der Waals surface area (Å²) in [6.45, 7) is 0.118. The predicted octanol–water partition coefficient (Wildman–Crippen LogP) is 4.71. The average molecular weight is 423 g/mol. The van der Waals surface area contributed by atoms with Gasteiger partial charge in [-0.2, -0.15) is 0 Å². The van der Waals surface area contributed by atoms with Crippen molar-refractivity contribution in [1.29, 1.82) is 0 Å². The number of benzene rings is 3. The van der Waals surface area contributed by atoms with Gasteiger partial charge in [0.2, 0.25) is 5.91 Å². The van der Waals surface area contributed by atoms with Crippen molar-refractivity contribution in [3.05, 3.63) is 89.7 Å². The number of para-hydroxylation sites is 1. The second-order valence-corrected chi connectivity index (χ2v) is 6.96. The molecule has 31 heavy (non-hydrogen) atoms. The van der Waals surface area contributed by atoms with Crippen LogP contribution in [0.2, 0.25) is 0 Å². The van der Waals surface area contributed by atoms with E-state index in [1.165, 1.54) is 6.07 Å². The standard InChI is InChI=1S/C25H26FNO4/c1-29-23-14-12-18(16-24(23)30-2)13-15-25(28)27-21(19-8-4-3-5-9-19)17-31-22-11-7-6-10-20(22)26/h3-12,14,16,21H,13,15,17H2,1-2H3,(H,27,28). The van der Waals surface area contributed by atoms with Crippen LogP contribution in [0.5, 0.6) is 17.2 Å². The van der Waals surface area contributed by atoms with E-state index < -0.39 is 11.9 Å². The van der Waals surface area contributed by atoms with E-state index in [2.05, 4.69) is 5.32 Å². The molecule has 0 fully saturated rings. The minimum Gasteiger partial charge on any atom is -0.493 e. The molecule has 0 saturated heterocycles. The Morgan fingerprint density at radius 1 is 0.903 bits per heavy atom. The normalized spacial score (nSPS) is 11.5. The lowest BCUT2D eigenvalue weighted by Gasteiger charge is -2.20. The number of rotatable bonds is 10. The van der Waals surface area contributed by atoms with Crippen molar-refractivity contribution in [2.45, 2.75) is 18.9 Å². The first-order valence-electron chi connectivity index (χ1n) is 10.0. The molecule has 1 atom stereocenters.